The quantitative estimate of drug-likeness (QED) is 0.670. The van der Waals surface area contributed by atoms with Crippen LogP contribution >= 0.6 is 0 Å². The maximum Gasteiger partial charge on any atom is 0.292 e. The number of ether oxygens (including phenoxy) is 1. The SMILES string of the molecule is CCOc1ccccc1NC(=O)c1nc(C(=O)NC2CCCC2)c2ccccn12. The third kappa shape index (κ3) is 3.94. The first-order valence-electron chi connectivity index (χ1n) is 9.98. The van der Waals surface area contributed by atoms with Crippen LogP contribution in [0.4, 0.5) is 5.69 Å². The molecule has 3 aromatic rings. The van der Waals surface area contributed by atoms with Gasteiger partial charge in [0, 0.05) is 12.2 Å². The zero-order chi connectivity index (χ0) is 20.2. The average Bonchev–Trinajstić information content (AvgIpc) is 3.37. The minimum absolute atomic E-state index is 0.156. The summed E-state index contributed by atoms with van der Waals surface area (Å²) in [6.07, 6.45) is 5.96. The Morgan fingerprint density at radius 2 is 1.86 bits per heavy atom. The summed E-state index contributed by atoms with van der Waals surface area (Å²) in [6.45, 7) is 2.38. The summed E-state index contributed by atoms with van der Waals surface area (Å²) in [7, 11) is 0. The number of carbonyl (C=O) groups is 2. The fourth-order valence-corrected chi connectivity index (χ4v) is 3.72. The van der Waals surface area contributed by atoms with Gasteiger partial charge in [0.1, 0.15) is 5.75 Å². The lowest BCUT2D eigenvalue weighted by Crippen LogP contribution is -2.33. The molecule has 1 aromatic carbocycles. The van der Waals surface area contributed by atoms with E-state index in [9.17, 15) is 9.59 Å². The Kier molecular flexibility index (Phi) is 5.46. The van der Waals surface area contributed by atoms with Crippen LogP contribution in [0.25, 0.3) is 5.52 Å². The standard InChI is InChI=1S/C22H24N4O3/c1-2-29-18-13-6-5-11-16(18)24-22(28)20-25-19(17-12-7-8-14-26(17)20)21(27)23-15-9-3-4-10-15/h5-8,11-15H,2-4,9-10H2,1H3,(H,23,27)(H,24,28). The minimum atomic E-state index is -0.404. The van der Waals surface area contributed by atoms with Crippen molar-refractivity contribution in [2.24, 2.45) is 0 Å². The summed E-state index contributed by atoms with van der Waals surface area (Å²) in [5, 5.41) is 5.90. The van der Waals surface area contributed by atoms with Crippen molar-refractivity contribution >= 4 is 23.0 Å². The number of rotatable bonds is 6. The van der Waals surface area contributed by atoms with Crippen molar-refractivity contribution in [3.05, 3.63) is 60.2 Å². The number of carbonyl (C=O) groups excluding carboxylic acids is 2. The maximum absolute atomic E-state index is 13.0. The smallest absolute Gasteiger partial charge is 0.292 e. The van der Waals surface area contributed by atoms with Gasteiger partial charge < -0.3 is 15.4 Å². The molecule has 1 saturated carbocycles. The zero-order valence-electron chi connectivity index (χ0n) is 16.4. The second-order valence-corrected chi connectivity index (χ2v) is 7.08. The second kappa shape index (κ2) is 8.34. The Balaban J connectivity index is 1.64. The highest BCUT2D eigenvalue weighted by atomic mass is 16.5. The normalized spacial score (nSPS) is 14.1. The molecule has 7 heteroatoms. The number of imidazole rings is 1. The van der Waals surface area contributed by atoms with E-state index in [0.717, 1.165) is 25.7 Å². The summed E-state index contributed by atoms with van der Waals surface area (Å²) in [5.74, 6) is 0.0968. The highest BCUT2D eigenvalue weighted by molar-refractivity contribution is 6.06. The predicted octanol–water partition coefficient (Wildman–Crippen LogP) is 3.66. The molecule has 1 aliphatic carbocycles. The zero-order valence-corrected chi connectivity index (χ0v) is 16.4. The molecular weight excluding hydrogens is 368 g/mol. The van der Waals surface area contributed by atoms with E-state index >= 15 is 0 Å². The third-order valence-electron chi connectivity index (χ3n) is 5.09. The maximum atomic E-state index is 13.0. The number of hydrogen-bond acceptors (Lipinski definition) is 4. The van der Waals surface area contributed by atoms with E-state index in [4.69, 9.17) is 4.74 Å². The third-order valence-corrected chi connectivity index (χ3v) is 5.09. The van der Waals surface area contributed by atoms with E-state index in [1.807, 2.05) is 25.1 Å². The van der Waals surface area contributed by atoms with Crippen LogP contribution in [0.1, 0.15) is 53.7 Å². The molecule has 4 rings (SSSR count). The monoisotopic (exact) mass is 392 g/mol. The molecule has 0 radical (unpaired) electrons. The van der Waals surface area contributed by atoms with Crippen molar-refractivity contribution in [1.82, 2.24) is 14.7 Å². The molecule has 2 heterocycles. The van der Waals surface area contributed by atoms with Gasteiger partial charge in [0.05, 0.1) is 17.8 Å². The first-order chi connectivity index (χ1) is 14.2. The molecule has 1 aliphatic rings. The number of nitrogens with zero attached hydrogens (tertiary/aromatic N) is 2. The van der Waals surface area contributed by atoms with E-state index < -0.39 is 5.91 Å². The molecule has 1 fully saturated rings. The lowest BCUT2D eigenvalue weighted by molar-refractivity contribution is 0.0935. The molecular formula is C22H24N4O3. The lowest BCUT2D eigenvalue weighted by Gasteiger charge is -2.10. The number of aromatic nitrogens is 2. The first-order valence-corrected chi connectivity index (χ1v) is 9.98. The molecule has 0 spiro atoms. The van der Waals surface area contributed by atoms with Crippen molar-refractivity contribution in [3.63, 3.8) is 0 Å². The molecule has 0 bridgehead atoms. The van der Waals surface area contributed by atoms with Crippen molar-refractivity contribution in [3.8, 4) is 5.75 Å². The Labute approximate surface area is 169 Å². The van der Waals surface area contributed by atoms with E-state index in [2.05, 4.69) is 15.6 Å². The van der Waals surface area contributed by atoms with Crippen LogP contribution in [0.2, 0.25) is 0 Å². The Hall–Kier alpha value is -3.35. The predicted molar refractivity (Wildman–Crippen MR) is 110 cm³/mol. The number of nitrogens with one attached hydrogen (secondary N) is 2. The topological polar surface area (TPSA) is 84.7 Å². The van der Waals surface area contributed by atoms with E-state index in [1.165, 1.54) is 0 Å². The average molecular weight is 392 g/mol. The van der Waals surface area contributed by atoms with Gasteiger partial charge in [-0.25, -0.2) is 4.98 Å². The van der Waals surface area contributed by atoms with Gasteiger partial charge in [-0.2, -0.15) is 0 Å². The van der Waals surface area contributed by atoms with E-state index in [-0.39, 0.29) is 23.5 Å². The summed E-state index contributed by atoms with van der Waals surface area (Å²) in [6, 6.07) is 12.8. The fourth-order valence-electron chi connectivity index (χ4n) is 3.72. The summed E-state index contributed by atoms with van der Waals surface area (Å²) >= 11 is 0. The molecule has 0 saturated heterocycles. The Bertz CT molecular complexity index is 1040. The van der Waals surface area contributed by atoms with Crippen LogP contribution in [0.5, 0.6) is 5.75 Å². The molecule has 0 unspecified atom stereocenters. The Morgan fingerprint density at radius 3 is 2.66 bits per heavy atom. The second-order valence-electron chi connectivity index (χ2n) is 7.08. The molecule has 2 N–H and O–H groups in total. The molecule has 0 atom stereocenters. The van der Waals surface area contributed by atoms with Crippen LogP contribution in [0, 0.1) is 0 Å². The van der Waals surface area contributed by atoms with Crippen LogP contribution in [0.3, 0.4) is 0 Å². The van der Waals surface area contributed by atoms with E-state index in [0.29, 0.717) is 23.6 Å². The molecule has 29 heavy (non-hydrogen) atoms. The number of pyridine rings is 1. The van der Waals surface area contributed by atoms with Crippen molar-refractivity contribution < 1.29 is 14.3 Å². The summed E-state index contributed by atoms with van der Waals surface area (Å²) in [5.41, 5.74) is 1.43. The highest BCUT2D eigenvalue weighted by Gasteiger charge is 2.24. The first kappa shape index (κ1) is 19.0. The fraction of sp³-hybridized carbons (Fsp3) is 0.318. The Morgan fingerprint density at radius 1 is 1.10 bits per heavy atom. The van der Waals surface area contributed by atoms with Crippen LogP contribution in [-0.4, -0.2) is 33.8 Å². The van der Waals surface area contributed by atoms with E-state index in [1.54, 1.807) is 34.9 Å². The van der Waals surface area contributed by atoms with Gasteiger partial charge in [-0.05, 0) is 44.0 Å². The molecule has 2 aromatic heterocycles. The van der Waals surface area contributed by atoms with Gasteiger partial charge in [-0.1, -0.05) is 31.0 Å². The van der Waals surface area contributed by atoms with Gasteiger partial charge in [0.25, 0.3) is 11.8 Å². The van der Waals surface area contributed by atoms with Gasteiger partial charge in [-0.15, -0.1) is 0 Å². The molecule has 2 amide bonds. The number of benzene rings is 1. The van der Waals surface area contributed by atoms with Gasteiger partial charge in [0.2, 0.25) is 5.82 Å². The molecule has 0 aliphatic heterocycles. The van der Waals surface area contributed by atoms with Crippen LogP contribution in [-0.2, 0) is 0 Å². The highest BCUT2D eigenvalue weighted by Crippen LogP contribution is 2.25. The minimum Gasteiger partial charge on any atom is -0.492 e. The number of fused-ring (bicyclic) bond motifs is 1. The van der Waals surface area contributed by atoms with Crippen LogP contribution < -0.4 is 15.4 Å². The molecule has 150 valence electrons. The summed E-state index contributed by atoms with van der Waals surface area (Å²) in [4.78, 5) is 30.2. The van der Waals surface area contributed by atoms with Gasteiger partial charge in [0.15, 0.2) is 5.69 Å². The number of hydrogen-bond donors (Lipinski definition) is 2. The summed E-state index contributed by atoms with van der Waals surface area (Å²) < 4.78 is 7.21. The largest absolute Gasteiger partial charge is 0.492 e. The van der Waals surface area contributed by atoms with Gasteiger partial charge >= 0.3 is 0 Å². The van der Waals surface area contributed by atoms with Crippen LogP contribution in [0.15, 0.2) is 48.7 Å². The number of para-hydroxylation sites is 2. The van der Waals surface area contributed by atoms with Gasteiger partial charge in [-0.3, -0.25) is 14.0 Å². The van der Waals surface area contributed by atoms with Crippen molar-refractivity contribution in [2.45, 2.75) is 38.6 Å². The number of anilines is 1. The lowest BCUT2D eigenvalue weighted by atomic mass is 10.2. The number of amides is 2. The van der Waals surface area contributed by atoms with Crippen molar-refractivity contribution in [1.29, 1.82) is 0 Å². The van der Waals surface area contributed by atoms with Crippen molar-refractivity contribution in [2.75, 3.05) is 11.9 Å². The molecule has 7 nitrogen and oxygen atoms in total.